The highest BCUT2D eigenvalue weighted by Gasteiger charge is 2.16. The summed E-state index contributed by atoms with van der Waals surface area (Å²) in [5.41, 5.74) is 3.07. The minimum absolute atomic E-state index is 0.334. The number of aryl methyl sites for hydroxylation is 1. The van der Waals surface area contributed by atoms with Gasteiger partial charge in [-0.05, 0) is 43.0 Å². The van der Waals surface area contributed by atoms with Crippen molar-refractivity contribution < 1.29 is 9.84 Å². The molecule has 4 nitrogen and oxygen atoms in total. The first kappa shape index (κ1) is 12.2. The van der Waals surface area contributed by atoms with E-state index in [4.69, 9.17) is 4.74 Å². The summed E-state index contributed by atoms with van der Waals surface area (Å²) in [6, 6.07) is 6.09. The Bertz CT molecular complexity index is 571. The molecule has 1 aliphatic rings. The van der Waals surface area contributed by atoms with Gasteiger partial charge in [0.1, 0.15) is 5.75 Å². The Morgan fingerprint density at radius 3 is 2.79 bits per heavy atom. The predicted octanol–water partition coefficient (Wildman–Crippen LogP) is 2.92. The van der Waals surface area contributed by atoms with Gasteiger partial charge in [0.25, 0.3) is 0 Å². The van der Waals surface area contributed by atoms with Crippen LogP contribution in [0.4, 0.5) is 0 Å². The zero-order chi connectivity index (χ0) is 13.2. The third-order valence-electron chi connectivity index (χ3n) is 3.70. The summed E-state index contributed by atoms with van der Waals surface area (Å²) >= 11 is 0. The highest BCUT2D eigenvalue weighted by Crippen LogP contribution is 2.27. The van der Waals surface area contributed by atoms with Crippen LogP contribution in [0.3, 0.4) is 0 Å². The van der Waals surface area contributed by atoms with E-state index >= 15 is 0 Å². The monoisotopic (exact) mass is 258 g/mol. The van der Waals surface area contributed by atoms with Gasteiger partial charge in [0, 0.05) is 25.0 Å². The van der Waals surface area contributed by atoms with E-state index in [0.29, 0.717) is 11.8 Å². The first-order valence-corrected chi connectivity index (χ1v) is 6.66. The van der Waals surface area contributed by atoms with E-state index in [9.17, 15) is 5.11 Å². The number of rotatable bonds is 2. The molecule has 2 heterocycles. The molecule has 1 aromatic heterocycles. The Hall–Kier alpha value is -1.81. The van der Waals surface area contributed by atoms with Crippen LogP contribution >= 0.6 is 0 Å². The molecule has 19 heavy (non-hydrogen) atoms. The smallest absolute Gasteiger partial charge is 0.118 e. The van der Waals surface area contributed by atoms with E-state index in [-0.39, 0.29) is 0 Å². The molecule has 1 N–H and O–H groups in total. The summed E-state index contributed by atoms with van der Waals surface area (Å²) in [7, 11) is 0. The van der Waals surface area contributed by atoms with Crippen LogP contribution in [0.5, 0.6) is 5.75 Å². The largest absolute Gasteiger partial charge is 0.508 e. The Kier molecular flexibility index (Phi) is 3.25. The lowest BCUT2D eigenvalue weighted by atomic mass is 10.1. The van der Waals surface area contributed by atoms with Gasteiger partial charge in [-0.2, -0.15) is 5.10 Å². The minimum Gasteiger partial charge on any atom is -0.508 e. The maximum Gasteiger partial charge on any atom is 0.118 e. The standard InChI is InChI=1S/C15H18N2O2/c1-11-8-12(2-3-15(11)18)13-9-16-17(10-13)14-4-6-19-7-5-14/h2-3,8-10,14,18H,4-7H2,1H3. The molecule has 0 unspecified atom stereocenters. The Morgan fingerprint density at radius 1 is 1.26 bits per heavy atom. The van der Waals surface area contributed by atoms with Crippen LogP contribution in [0.2, 0.25) is 0 Å². The summed E-state index contributed by atoms with van der Waals surface area (Å²) in [4.78, 5) is 0. The number of ether oxygens (including phenoxy) is 1. The number of phenolic OH excluding ortho intramolecular Hbond substituents is 1. The van der Waals surface area contributed by atoms with Crippen LogP contribution in [0.1, 0.15) is 24.4 Å². The van der Waals surface area contributed by atoms with Gasteiger partial charge in [-0.15, -0.1) is 0 Å². The second-order valence-corrected chi connectivity index (χ2v) is 5.05. The lowest BCUT2D eigenvalue weighted by Gasteiger charge is -2.22. The molecular formula is C15H18N2O2. The van der Waals surface area contributed by atoms with E-state index in [1.165, 1.54) is 0 Å². The second-order valence-electron chi connectivity index (χ2n) is 5.05. The van der Waals surface area contributed by atoms with E-state index in [1.807, 2.05) is 29.9 Å². The quantitative estimate of drug-likeness (QED) is 0.901. The first-order chi connectivity index (χ1) is 9.24. The third-order valence-corrected chi connectivity index (χ3v) is 3.70. The fourth-order valence-corrected chi connectivity index (χ4v) is 2.47. The zero-order valence-corrected chi connectivity index (χ0v) is 11.0. The summed E-state index contributed by atoms with van der Waals surface area (Å²) < 4.78 is 7.41. The molecule has 0 bridgehead atoms. The lowest BCUT2D eigenvalue weighted by molar-refractivity contribution is 0.0662. The van der Waals surface area contributed by atoms with Crippen molar-refractivity contribution in [3.8, 4) is 16.9 Å². The molecule has 100 valence electrons. The molecule has 0 atom stereocenters. The van der Waals surface area contributed by atoms with E-state index in [2.05, 4.69) is 11.3 Å². The Balaban J connectivity index is 1.85. The van der Waals surface area contributed by atoms with Crippen LogP contribution < -0.4 is 0 Å². The van der Waals surface area contributed by atoms with Crippen LogP contribution in [0, 0.1) is 6.92 Å². The highest BCUT2D eigenvalue weighted by molar-refractivity contribution is 5.64. The van der Waals surface area contributed by atoms with Crippen LogP contribution in [-0.2, 0) is 4.74 Å². The highest BCUT2D eigenvalue weighted by atomic mass is 16.5. The molecule has 0 radical (unpaired) electrons. The van der Waals surface area contributed by atoms with Crippen molar-refractivity contribution in [3.63, 3.8) is 0 Å². The summed E-state index contributed by atoms with van der Waals surface area (Å²) in [5, 5.41) is 14.0. The lowest BCUT2D eigenvalue weighted by Crippen LogP contribution is -2.19. The van der Waals surface area contributed by atoms with Crippen molar-refractivity contribution in [3.05, 3.63) is 36.2 Å². The summed E-state index contributed by atoms with van der Waals surface area (Å²) in [6.45, 7) is 3.54. The average molecular weight is 258 g/mol. The molecule has 0 amide bonds. The molecule has 1 saturated heterocycles. The SMILES string of the molecule is Cc1cc(-c2cnn(C3CCOCC3)c2)ccc1O. The molecule has 4 heteroatoms. The molecule has 2 aromatic rings. The number of nitrogens with zero attached hydrogens (tertiary/aromatic N) is 2. The van der Waals surface area contributed by atoms with Crippen molar-refractivity contribution in [2.45, 2.75) is 25.8 Å². The fraction of sp³-hybridized carbons (Fsp3) is 0.400. The summed E-state index contributed by atoms with van der Waals surface area (Å²) in [5.74, 6) is 0.334. The number of hydrogen-bond acceptors (Lipinski definition) is 3. The molecule has 3 rings (SSSR count). The van der Waals surface area contributed by atoms with Gasteiger partial charge in [0.2, 0.25) is 0 Å². The van der Waals surface area contributed by atoms with Crippen molar-refractivity contribution in [2.75, 3.05) is 13.2 Å². The van der Waals surface area contributed by atoms with Crippen LogP contribution in [0.15, 0.2) is 30.6 Å². The normalized spacial score (nSPS) is 16.7. The molecule has 0 aliphatic carbocycles. The molecule has 1 aromatic carbocycles. The Morgan fingerprint density at radius 2 is 2.05 bits per heavy atom. The van der Waals surface area contributed by atoms with Crippen molar-refractivity contribution in [2.24, 2.45) is 0 Å². The van der Waals surface area contributed by atoms with Crippen molar-refractivity contribution in [1.29, 1.82) is 0 Å². The van der Waals surface area contributed by atoms with Gasteiger partial charge in [-0.1, -0.05) is 6.07 Å². The van der Waals surface area contributed by atoms with E-state index in [1.54, 1.807) is 6.07 Å². The van der Waals surface area contributed by atoms with Gasteiger partial charge in [0.05, 0.1) is 12.2 Å². The molecule has 0 spiro atoms. The van der Waals surface area contributed by atoms with E-state index < -0.39 is 0 Å². The van der Waals surface area contributed by atoms with Gasteiger partial charge in [-0.25, -0.2) is 0 Å². The first-order valence-electron chi connectivity index (χ1n) is 6.66. The topological polar surface area (TPSA) is 47.3 Å². The fourth-order valence-electron chi connectivity index (χ4n) is 2.47. The van der Waals surface area contributed by atoms with E-state index in [0.717, 1.165) is 42.7 Å². The van der Waals surface area contributed by atoms with Gasteiger partial charge >= 0.3 is 0 Å². The third kappa shape index (κ3) is 2.49. The molecular weight excluding hydrogens is 240 g/mol. The van der Waals surface area contributed by atoms with Gasteiger partial charge in [-0.3, -0.25) is 4.68 Å². The van der Waals surface area contributed by atoms with Crippen molar-refractivity contribution in [1.82, 2.24) is 9.78 Å². The average Bonchev–Trinajstić information content (AvgIpc) is 2.93. The second kappa shape index (κ2) is 5.05. The molecule has 1 aliphatic heterocycles. The maximum absolute atomic E-state index is 9.56. The maximum atomic E-state index is 9.56. The van der Waals surface area contributed by atoms with Crippen molar-refractivity contribution >= 4 is 0 Å². The van der Waals surface area contributed by atoms with Gasteiger partial charge < -0.3 is 9.84 Å². The Labute approximate surface area is 112 Å². The number of aromatic hydroxyl groups is 1. The number of phenols is 1. The number of aromatic nitrogens is 2. The molecule has 1 fully saturated rings. The minimum atomic E-state index is 0.334. The predicted molar refractivity (Wildman–Crippen MR) is 73.2 cm³/mol. The zero-order valence-electron chi connectivity index (χ0n) is 11.0. The van der Waals surface area contributed by atoms with Crippen LogP contribution in [-0.4, -0.2) is 28.1 Å². The number of benzene rings is 1. The molecule has 0 saturated carbocycles. The summed E-state index contributed by atoms with van der Waals surface area (Å²) in [6.07, 6.45) is 6.02. The number of hydrogen-bond donors (Lipinski definition) is 1. The van der Waals surface area contributed by atoms with Gasteiger partial charge in [0.15, 0.2) is 0 Å². The van der Waals surface area contributed by atoms with Crippen LogP contribution in [0.25, 0.3) is 11.1 Å².